The molecule has 0 aliphatic rings. The van der Waals surface area contributed by atoms with Gasteiger partial charge in [-0.1, -0.05) is 24.3 Å². The number of likely N-dealkylation sites (N-methyl/N-ethyl adjacent to an activating group) is 1. The fourth-order valence-electron chi connectivity index (χ4n) is 3.02. The first-order valence-corrected chi connectivity index (χ1v) is 8.22. The third-order valence-corrected chi connectivity index (χ3v) is 4.46. The molecule has 1 heterocycles. The van der Waals surface area contributed by atoms with E-state index in [2.05, 4.69) is 66.6 Å². The Kier molecular flexibility index (Phi) is 4.54. The molecular weight excluding hydrogens is 270 g/mol. The van der Waals surface area contributed by atoms with Gasteiger partial charge in [0.25, 0.3) is 0 Å². The van der Waals surface area contributed by atoms with Crippen molar-refractivity contribution in [3.63, 3.8) is 0 Å². The molecule has 1 aromatic heterocycles. The lowest BCUT2D eigenvalue weighted by atomic mass is 10.1. The lowest BCUT2D eigenvalue weighted by molar-refractivity contribution is -0.894. The molecule has 0 spiro atoms. The van der Waals surface area contributed by atoms with Crippen molar-refractivity contribution in [3.8, 4) is 0 Å². The molecule has 0 atom stereocenters. The molecule has 0 aliphatic carbocycles. The standard InChI is InChI=1S/C19H23N3/c1-3-22(4-2)12-11-21-18-9-10-20-19-14-16-8-6-5-7-15(16)13-17(18)19/h5-10,13-14H,3-4,11-12H2,1-2H3,(H,20,21)/p+2. The molecule has 0 fully saturated rings. The maximum Gasteiger partial charge on any atom is 0.213 e. The molecule has 3 nitrogen and oxygen atoms in total. The molecule has 0 saturated heterocycles. The van der Waals surface area contributed by atoms with Crippen LogP contribution in [0.3, 0.4) is 0 Å². The Labute approximate surface area is 132 Å². The Morgan fingerprint density at radius 1 is 1.00 bits per heavy atom. The highest BCUT2D eigenvalue weighted by Gasteiger charge is 2.09. The summed E-state index contributed by atoms with van der Waals surface area (Å²) in [6, 6.07) is 15.1. The monoisotopic (exact) mass is 295 g/mol. The largest absolute Gasteiger partial charge is 0.379 e. The minimum atomic E-state index is 1.00. The van der Waals surface area contributed by atoms with Crippen molar-refractivity contribution in [1.29, 1.82) is 0 Å². The number of aromatic nitrogens is 1. The van der Waals surface area contributed by atoms with Crippen LogP contribution < -0.4 is 15.2 Å². The Morgan fingerprint density at radius 3 is 2.45 bits per heavy atom. The Bertz CT molecular complexity index is 763. The summed E-state index contributed by atoms with van der Waals surface area (Å²) in [5.74, 6) is 0. The van der Waals surface area contributed by atoms with E-state index in [0.29, 0.717) is 0 Å². The van der Waals surface area contributed by atoms with Gasteiger partial charge in [0.2, 0.25) is 5.52 Å². The quantitative estimate of drug-likeness (QED) is 0.671. The van der Waals surface area contributed by atoms with E-state index in [1.165, 1.54) is 40.5 Å². The molecule has 3 aromatic rings. The second-order valence-corrected chi connectivity index (χ2v) is 5.77. The first-order chi connectivity index (χ1) is 10.8. The van der Waals surface area contributed by atoms with Gasteiger partial charge in [-0.3, -0.25) is 0 Å². The summed E-state index contributed by atoms with van der Waals surface area (Å²) in [7, 11) is 0. The molecule has 3 rings (SSSR count). The number of hydrogen-bond donors (Lipinski definition) is 2. The number of anilines is 1. The molecule has 3 heteroatoms. The average Bonchev–Trinajstić information content (AvgIpc) is 2.57. The van der Waals surface area contributed by atoms with Crippen LogP contribution in [-0.2, 0) is 0 Å². The van der Waals surface area contributed by atoms with Gasteiger partial charge >= 0.3 is 0 Å². The number of hydrogen-bond acceptors (Lipinski definition) is 1. The van der Waals surface area contributed by atoms with Crippen LogP contribution in [0.4, 0.5) is 5.69 Å². The zero-order valence-electron chi connectivity index (χ0n) is 13.4. The van der Waals surface area contributed by atoms with E-state index in [0.717, 1.165) is 13.1 Å². The molecule has 3 N–H and O–H groups in total. The van der Waals surface area contributed by atoms with E-state index < -0.39 is 0 Å². The van der Waals surface area contributed by atoms with Crippen LogP contribution >= 0.6 is 0 Å². The minimum Gasteiger partial charge on any atom is -0.379 e. The fraction of sp³-hybridized carbons (Fsp3) is 0.316. The van der Waals surface area contributed by atoms with E-state index in [1.54, 1.807) is 4.90 Å². The summed E-state index contributed by atoms with van der Waals surface area (Å²) in [6.07, 6.45) is 2.02. The van der Waals surface area contributed by atoms with Crippen LogP contribution in [-0.4, -0.2) is 26.2 Å². The van der Waals surface area contributed by atoms with Crippen molar-refractivity contribution in [1.82, 2.24) is 0 Å². The summed E-state index contributed by atoms with van der Waals surface area (Å²) in [5, 5.41) is 7.43. The van der Waals surface area contributed by atoms with Gasteiger partial charge in [0.15, 0.2) is 6.20 Å². The van der Waals surface area contributed by atoms with E-state index in [1.807, 2.05) is 6.20 Å². The highest BCUT2D eigenvalue weighted by Crippen LogP contribution is 2.25. The molecule has 0 aliphatic heterocycles. The SMILES string of the molecule is CC[NH+](CC)CCNc1cc[nH+]c2cc3ccccc3cc12. The minimum absolute atomic E-state index is 1.00. The van der Waals surface area contributed by atoms with Crippen molar-refractivity contribution < 1.29 is 9.88 Å². The third-order valence-electron chi connectivity index (χ3n) is 4.46. The molecule has 0 radical (unpaired) electrons. The lowest BCUT2D eigenvalue weighted by Gasteiger charge is -2.16. The smallest absolute Gasteiger partial charge is 0.213 e. The molecule has 2 aromatic carbocycles. The number of fused-ring (bicyclic) bond motifs is 2. The maximum absolute atomic E-state index is 3.61. The third kappa shape index (κ3) is 3.04. The second kappa shape index (κ2) is 6.75. The van der Waals surface area contributed by atoms with Crippen LogP contribution in [0, 0.1) is 0 Å². The van der Waals surface area contributed by atoms with Crippen molar-refractivity contribution in [2.75, 3.05) is 31.5 Å². The van der Waals surface area contributed by atoms with Gasteiger partial charge in [0.1, 0.15) is 0 Å². The maximum atomic E-state index is 3.61. The van der Waals surface area contributed by atoms with Crippen molar-refractivity contribution >= 4 is 27.4 Å². The van der Waals surface area contributed by atoms with Gasteiger partial charge < -0.3 is 10.2 Å². The van der Waals surface area contributed by atoms with Gasteiger partial charge in [0, 0.05) is 12.1 Å². The zero-order chi connectivity index (χ0) is 15.4. The summed E-state index contributed by atoms with van der Waals surface area (Å²) in [6.45, 7) is 9.03. The lowest BCUT2D eigenvalue weighted by Crippen LogP contribution is -3.12. The van der Waals surface area contributed by atoms with Gasteiger partial charge in [-0.05, 0) is 30.7 Å². The molecule has 0 saturated carbocycles. The number of aromatic amines is 1. The van der Waals surface area contributed by atoms with Crippen LogP contribution in [0.15, 0.2) is 48.7 Å². The van der Waals surface area contributed by atoms with Gasteiger partial charge in [0.05, 0.1) is 37.3 Å². The predicted octanol–water partition coefficient (Wildman–Crippen LogP) is 2.14. The van der Waals surface area contributed by atoms with E-state index in [-0.39, 0.29) is 0 Å². The van der Waals surface area contributed by atoms with Gasteiger partial charge in [-0.25, -0.2) is 4.98 Å². The summed E-state index contributed by atoms with van der Waals surface area (Å²) < 4.78 is 0. The Balaban J connectivity index is 1.87. The fourth-order valence-corrected chi connectivity index (χ4v) is 3.02. The molecule has 114 valence electrons. The van der Waals surface area contributed by atoms with E-state index in [9.17, 15) is 0 Å². The molecule has 0 amide bonds. The van der Waals surface area contributed by atoms with Crippen LogP contribution in [0.25, 0.3) is 21.7 Å². The number of benzene rings is 2. The second-order valence-electron chi connectivity index (χ2n) is 5.77. The molecule has 22 heavy (non-hydrogen) atoms. The van der Waals surface area contributed by atoms with E-state index >= 15 is 0 Å². The van der Waals surface area contributed by atoms with Crippen molar-refractivity contribution in [2.24, 2.45) is 0 Å². The highest BCUT2D eigenvalue weighted by molar-refractivity contribution is 6.00. The first kappa shape index (κ1) is 14.8. The molecule has 0 bridgehead atoms. The van der Waals surface area contributed by atoms with Gasteiger partial charge in [-0.2, -0.15) is 0 Å². The summed E-state index contributed by atoms with van der Waals surface area (Å²) in [4.78, 5) is 4.99. The summed E-state index contributed by atoms with van der Waals surface area (Å²) >= 11 is 0. The number of pyridine rings is 1. The van der Waals surface area contributed by atoms with Crippen LogP contribution in [0.2, 0.25) is 0 Å². The van der Waals surface area contributed by atoms with Crippen LogP contribution in [0.5, 0.6) is 0 Å². The van der Waals surface area contributed by atoms with Crippen molar-refractivity contribution in [2.45, 2.75) is 13.8 Å². The zero-order valence-corrected chi connectivity index (χ0v) is 13.4. The number of quaternary nitrogens is 1. The number of rotatable bonds is 6. The normalized spacial score (nSPS) is 11.4. The Hall–Kier alpha value is -2.13. The predicted molar refractivity (Wildman–Crippen MR) is 93.4 cm³/mol. The Morgan fingerprint density at radius 2 is 1.73 bits per heavy atom. The van der Waals surface area contributed by atoms with Crippen molar-refractivity contribution in [3.05, 3.63) is 48.7 Å². The number of H-pyrrole nitrogens is 1. The molecule has 0 unspecified atom stereocenters. The number of nitrogens with one attached hydrogen (secondary N) is 3. The first-order valence-electron chi connectivity index (χ1n) is 8.22. The highest BCUT2D eigenvalue weighted by atomic mass is 15.1. The van der Waals surface area contributed by atoms with Crippen LogP contribution in [0.1, 0.15) is 13.8 Å². The van der Waals surface area contributed by atoms with E-state index in [4.69, 9.17) is 0 Å². The summed E-state index contributed by atoms with van der Waals surface area (Å²) in [5.41, 5.74) is 2.39. The topological polar surface area (TPSA) is 30.6 Å². The molecular formula is C19H25N3+2. The van der Waals surface area contributed by atoms with Gasteiger partial charge in [-0.15, -0.1) is 0 Å². The average molecular weight is 295 g/mol.